The van der Waals surface area contributed by atoms with Gasteiger partial charge in [0.15, 0.2) is 0 Å². The van der Waals surface area contributed by atoms with Crippen LogP contribution in [0, 0.1) is 5.82 Å². The molecule has 7 heteroatoms. The number of rotatable bonds is 5. The maximum atomic E-state index is 13.7. The minimum Gasteiger partial charge on any atom is -0.411 e. The molecule has 1 aromatic carbocycles. The highest BCUT2D eigenvalue weighted by atomic mass is 32.2. The van der Waals surface area contributed by atoms with Gasteiger partial charge >= 0.3 is 0 Å². The molecule has 0 radical (unpaired) electrons. The molecule has 2 aromatic rings. The first-order chi connectivity index (χ1) is 11.6. The lowest BCUT2D eigenvalue weighted by Gasteiger charge is -2.23. The molecule has 0 aliphatic heterocycles. The molecule has 0 unspecified atom stereocenters. The lowest BCUT2D eigenvalue weighted by Crippen LogP contribution is -2.40. The van der Waals surface area contributed by atoms with E-state index in [1.54, 1.807) is 25.1 Å². The second kappa shape index (κ2) is 7.79. The highest BCUT2D eigenvalue weighted by Crippen LogP contribution is 2.27. The van der Waals surface area contributed by atoms with Gasteiger partial charge in [-0.3, -0.25) is 4.79 Å². The molecule has 1 saturated carbocycles. The average molecular weight is 349 g/mol. The van der Waals surface area contributed by atoms with Crippen molar-refractivity contribution >= 4 is 17.7 Å². The summed E-state index contributed by atoms with van der Waals surface area (Å²) < 4.78 is 19.2. The molecule has 5 nitrogen and oxygen atoms in total. The Labute approximate surface area is 144 Å². The van der Waals surface area contributed by atoms with Gasteiger partial charge in [0.05, 0.1) is 10.8 Å². The van der Waals surface area contributed by atoms with Crippen molar-refractivity contribution in [2.75, 3.05) is 0 Å². The van der Waals surface area contributed by atoms with Crippen molar-refractivity contribution in [1.29, 1.82) is 0 Å². The van der Waals surface area contributed by atoms with E-state index in [9.17, 15) is 9.18 Å². The number of thioether (sulfide) groups is 1. The molecule has 1 N–H and O–H groups in total. The summed E-state index contributed by atoms with van der Waals surface area (Å²) in [7, 11) is 0. The normalized spacial score (nSPS) is 16.8. The summed E-state index contributed by atoms with van der Waals surface area (Å²) in [5, 5.41) is 10.8. The molecule has 128 valence electrons. The van der Waals surface area contributed by atoms with Crippen molar-refractivity contribution in [2.45, 2.75) is 55.5 Å². The van der Waals surface area contributed by atoms with Crippen molar-refractivity contribution in [3.63, 3.8) is 0 Å². The van der Waals surface area contributed by atoms with E-state index in [1.165, 1.54) is 37.1 Å². The second-order valence-corrected chi connectivity index (χ2v) is 7.25. The van der Waals surface area contributed by atoms with E-state index in [0.29, 0.717) is 0 Å². The molecule has 1 atom stereocenters. The van der Waals surface area contributed by atoms with Crippen LogP contribution in [0.4, 0.5) is 4.39 Å². The SMILES string of the molecule is C[C@H](Sc1nnc(-c2ccccc2F)o1)C(=O)NC1CCCCC1. The Hall–Kier alpha value is -1.89. The maximum absolute atomic E-state index is 13.7. The number of hydrogen-bond donors (Lipinski definition) is 1. The summed E-state index contributed by atoms with van der Waals surface area (Å²) in [5.74, 6) is -0.325. The number of halogens is 1. The van der Waals surface area contributed by atoms with Crippen LogP contribution >= 0.6 is 11.8 Å². The van der Waals surface area contributed by atoms with Gasteiger partial charge in [-0.1, -0.05) is 43.2 Å². The van der Waals surface area contributed by atoms with Gasteiger partial charge in [-0.2, -0.15) is 0 Å². The number of benzene rings is 1. The molecule has 1 aromatic heterocycles. The highest BCUT2D eigenvalue weighted by Gasteiger charge is 2.22. The highest BCUT2D eigenvalue weighted by molar-refractivity contribution is 8.00. The van der Waals surface area contributed by atoms with Gasteiger partial charge in [0, 0.05) is 6.04 Å². The van der Waals surface area contributed by atoms with E-state index in [0.717, 1.165) is 12.8 Å². The first kappa shape index (κ1) is 17.0. The van der Waals surface area contributed by atoms with Crippen molar-refractivity contribution in [1.82, 2.24) is 15.5 Å². The minimum absolute atomic E-state index is 0.0301. The molecule has 0 spiro atoms. The van der Waals surface area contributed by atoms with Gasteiger partial charge in [-0.05, 0) is 31.9 Å². The molecule has 1 aliphatic carbocycles. The fourth-order valence-electron chi connectivity index (χ4n) is 2.77. The van der Waals surface area contributed by atoms with Crippen LogP contribution in [-0.2, 0) is 4.79 Å². The molecule has 1 heterocycles. The standard InChI is InChI=1S/C17H20FN3O2S/c1-11(15(22)19-12-7-3-2-4-8-12)24-17-21-20-16(23-17)13-9-5-6-10-14(13)18/h5-6,9-12H,2-4,7-8H2,1H3,(H,19,22)/t11-/m0/s1. The van der Waals surface area contributed by atoms with Crippen molar-refractivity contribution in [2.24, 2.45) is 0 Å². The Kier molecular flexibility index (Phi) is 5.50. The first-order valence-corrected chi connectivity index (χ1v) is 9.07. The Morgan fingerprint density at radius 1 is 1.29 bits per heavy atom. The predicted octanol–water partition coefficient (Wildman–Crippen LogP) is 3.81. The van der Waals surface area contributed by atoms with Crippen LogP contribution in [0.1, 0.15) is 39.0 Å². The average Bonchev–Trinajstić information content (AvgIpc) is 3.04. The van der Waals surface area contributed by atoms with Crippen molar-refractivity contribution in [3.8, 4) is 11.5 Å². The zero-order valence-corrected chi connectivity index (χ0v) is 14.3. The van der Waals surface area contributed by atoms with E-state index in [4.69, 9.17) is 4.42 Å². The second-order valence-electron chi connectivity index (χ2n) is 5.96. The largest absolute Gasteiger partial charge is 0.411 e. The van der Waals surface area contributed by atoms with Crippen LogP contribution in [0.3, 0.4) is 0 Å². The molecular weight excluding hydrogens is 329 g/mol. The van der Waals surface area contributed by atoms with Crippen LogP contribution in [0.5, 0.6) is 0 Å². The molecule has 24 heavy (non-hydrogen) atoms. The van der Waals surface area contributed by atoms with Gasteiger partial charge < -0.3 is 9.73 Å². The molecule has 0 bridgehead atoms. The summed E-state index contributed by atoms with van der Waals surface area (Å²) in [5.41, 5.74) is 0.260. The summed E-state index contributed by atoms with van der Waals surface area (Å²) in [6.07, 6.45) is 5.67. The molecule has 1 amide bonds. The van der Waals surface area contributed by atoms with E-state index in [2.05, 4.69) is 15.5 Å². The van der Waals surface area contributed by atoms with Crippen LogP contribution in [-0.4, -0.2) is 27.4 Å². The predicted molar refractivity (Wildman–Crippen MR) is 90.0 cm³/mol. The lowest BCUT2D eigenvalue weighted by atomic mass is 9.95. The summed E-state index contributed by atoms with van der Waals surface area (Å²) in [6, 6.07) is 6.49. The van der Waals surface area contributed by atoms with Crippen molar-refractivity contribution < 1.29 is 13.6 Å². The lowest BCUT2D eigenvalue weighted by molar-refractivity contribution is -0.121. The van der Waals surface area contributed by atoms with E-state index in [-0.39, 0.29) is 33.9 Å². The number of carbonyl (C=O) groups excluding carboxylic acids is 1. The van der Waals surface area contributed by atoms with E-state index < -0.39 is 5.82 Å². The van der Waals surface area contributed by atoms with Gasteiger partial charge in [-0.25, -0.2) is 4.39 Å². The molecule has 3 rings (SSSR count). The summed E-state index contributed by atoms with van der Waals surface area (Å²) in [6.45, 7) is 1.80. The summed E-state index contributed by atoms with van der Waals surface area (Å²) in [4.78, 5) is 12.3. The number of amides is 1. The van der Waals surface area contributed by atoms with Crippen LogP contribution < -0.4 is 5.32 Å². The Balaban J connectivity index is 1.59. The first-order valence-electron chi connectivity index (χ1n) is 8.19. The number of nitrogens with zero attached hydrogens (tertiary/aromatic N) is 2. The quantitative estimate of drug-likeness (QED) is 0.832. The fourth-order valence-corrected chi connectivity index (χ4v) is 3.46. The van der Waals surface area contributed by atoms with Crippen molar-refractivity contribution in [3.05, 3.63) is 30.1 Å². The Morgan fingerprint density at radius 3 is 2.79 bits per heavy atom. The fraction of sp³-hybridized carbons (Fsp3) is 0.471. The third kappa shape index (κ3) is 4.14. The van der Waals surface area contributed by atoms with Crippen LogP contribution in [0.25, 0.3) is 11.5 Å². The zero-order chi connectivity index (χ0) is 16.9. The van der Waals surface area contributed by atoms with Crippen LogP contribution in [0.2, 0.25) is 0 Å². The smallest absolute Gasteiger partial charge is 0.277 e. The topological polar surface area (TPSA) is 68.0 Å². The Morgan fingerprint density at radius 2 is 2.04 bits per heavy atom. The maximum Gasteiger partial charge on any atom is 0.277 e. The van der Waals surface area contributed by atoms with Gasteiger partial charge in [0.25, 0.3) is 11.1 Å². The molecule has 0 saturated heterocycles. The van der Waals surface area contributed by atoms with E-state index >= 15 is 0 Å². The summed E-state index contributed by atoms with van der Waals surface area (Å²) >= 11 is 1.19. The van der Waals surface area contributed by atoms with Crippen LogP contribution in [0.15, 0.2) is 33.9 Å². The number of nitrogens with one attached hydrogen (secondary N) is 1. The Bertz CT molecular complexity index is 701. The van der Waals surface area contributed by atoms with E-state index in [1.807, 2.05) is 0 Å². The van der Waals surface area contributed by atoms with Gasteiger partial charge in [0.2, 0.25) is 5.91 Å². The number of hydrogen-bond acceptors (Lipinski definition) is 5. The van der Waals surface area contributed by atoms with Gasteiger partial charge in [-0.15, -0.1) is 10.2 Å². The minimum atomic E-state index is -0.416. The third-order valence-electron chi connectivity index (χ3n) is 4.11. The number of aromatic nitrogens is 2. The molecule has 1 aliphatic rings. The molecule has 1 fully saturated rings. The zero-order valence-electron chi connectivity index (χ0n) is 13.5. The number of carbonyl (C=O) groups is 1. The monoisotopic (exact) mass is 349 g/mol. The third-order valence-corrected chi connectivity index (χ3v) is 5.04. The van der Waals surface area contributed by atoms with Gasteiger partial charge in [0.1, 0.15) is 5.82 Å². The molecular formula is C17H20FN3O2S.